The van der Waals surface area contributed by atoms with Crippen LogP contribution in [0.5, 0.6) is 17.2 Å². The molecule has 0 bridgehead atoms. The molecule has 2 heterocycles. The zero-order valence-electron chi connectivity index (χ0n) is 17.6. The summed E-state index contributed by atoms with van der Waals surface area (Å²) in [7, 11) is 1.46. The number of hydrogen-bond acceptors (Lipinski definition) is 6. The van der Waals surface area contributed by atoms with Crippen molar-refractivity contribution in [3.05, 3.63) is 58.3 Å². The highest BCUT2D eigenvalue weighted by molar-refractivity contribution is 6.00. The van der Waals surface area contributed by atoms with Crippen LogP contribution in [0.4, 0.5) is 0 Å². The van der Waals surface area contributed by atoms with Gasteiger partial charge in [-0.3, -0.25) is 9.89 Å². The van der Waals surface area contributed by atoms with E-state index >= 15 is 0 Å². The lowest BCUT2D eigenvalue weighted by molar-refractivity contribution is 0.0732. The molecule has 8 heteroatoms. The first-order valence-electron chi connectivity index (χ1n) is 10.0. The highest BCUT2D eigenvalue weighted by Gasteiger charge is 2.42. The van der Waals surface area contributed by atoms with Crippen molar-refractivity contribution in [3.63, 3.8) is 0 Å². The van der Waals surface area contributed by atoms with Crippen LogP contribution < -0.4 is 4.74 Å². The molecule has 0 saturated carbocycles. The molecule has 3 aromatic rings. The van der Waals surface area contributed by atoms with Crippen molar-refractivity contribution in [1.29, 1.82) is 0 Å². The zero-order chi connectivity index (χ0) is 22.3. The number of ether oxygens (including phenoxy) is 1. The van der Waals surface area contributed by atoms with E-state index in [1.54, 1.807) is 17.0 Å². The molecule has 1 amide bonds. The molecule has 0 saturated heterocycles. The number of methoxy groups -OCH3 is 1. The Bertz CT molecular complexity index is 1150. The van der Waals surface area contributed by atoms with Gasteiger partial charge in [0.05, 0.1) is 13.2 Å². The first-order chi connectivity index (χ1) is 14.9. The lowest BCUT2D eigenvalue weighted by Gasteiger charge is -2.26. The smallest absolute Gasteiger partial charge is 0.273 e. The van der Waals surface area contributed by atoms with Gasteiger partial charge < -0.3 is 25.0 Å². The summed E-state index contributed by atoms with van der Waals surface area (Å²) in [5.41, 5.74) is 4.45. The number of nitrogens with one attached hydrogen (secondary N) is 1. The van der Waals surface area contributed by atoms with Crippen molar-refractivity contribution in [2.45, 2.75) is 26.3 Å². The van der Waals surface area contributed by atoms with Crippen molar-refractivity contribution >= 4 is 5.91 Å². The lowest BCUT2D eigenvalue weighted by atomic mass is 9.94. The van der Waals surface area contributed by atoms with Crippen LogP contribution in [-0.4, -0.2) is 56.6 Å². The van der Waals surface area contributed by atoms with Crippen molar-refractivity contribution in [3.8, 4) is 28.5 Å². The van der Waals surface area contributed by atoms with Gasteiger partial charge in [0.25, 0.3) is 5.91 Å². The van der Waals surface area contributed by atoms with E-state index in [1.807, 2.05) is 26.0 Å². The second-order valence-corrected chi connectivity index (χ2v) is 7.75. The monoisotopic (exact) mass is 423 g/mol. The molecule has 1 atom stereocenters. The highest BCUT2D eigenvalue weighted by Crippen LogP contribution is 2.46. The molecule has 0 radical (unpaired) electrons. The van der Waals surface area contributed by atoms with Crippen LogP contribution in [0.3, 0.4) is 0 Å². The fourth-order valence-electron chi connectivity index (χ4n) is 4.23. The van der Waals surface area contributed by atoms with Crippen LogP contribution in [0.2, 0.25) is 0 Å². The van der Waals surface area contributed by atoms with Gasteiger partial charge in [-0.1, -0.05) is 12.1 Å². The van der Waals surface area contributed by atoms with E-state index in [-0.39, 0.29) is 24.0 Å². The molecule has 1 unspecified atom stereocenters. The van der Waals surface area contributed by atoms with E-state index in [2.05, 4.69) is 10.2 Å². The van der Waals surface area contributed by atoms with E-state index in [0.717, 1.165) is 16.7 Å². The summed E-state index contributed by atoms with van der Waals surface area (Å²) in [5.74, 6) is 0.170. The van der Waals surface area contributed by atoms with Gasteiger partial charge >= 0.3 is 0 Å². The summed E-state index contributed by atoms with van der Waals surface area (Å²) in [5, 5.41) is 37.3. The number of amides is 1. The molecular weight excluding hydrogens is 398 g/mol. The fourth-order valence-corrected chi connectivity index (χ4v) is 4.23. The Morgan fingerprint density at radius 1 is 1.19 bits per heavy atom. The number of rotatable bonds is 6. The first-order valence-corrected chi connectivity index (χ1v) is 10.0. The molecule has 1 aliphatic heterocycles. The number of aryl methyl sites for hydroxylation is 2. The number of H-pyrrole nitrogens is 1. The van der Waals surface area contributed by atoms with E-state index in [9.17, 15) is 20.1 Å². The van der Waals surface area contributed by atoms with Crippen LogP contribution in [-0.2, 0) is 0 Å². The molecule has 0 aliphatic carbocycles. The second-order valence-electron chi connectivity index (χ2n) is 7.75. The molecule has 8 nitrogen and oxygen atoms in total. The maximum atomic E-state index is 13.2. The minimum atomic E-state index is -0.516. The van der Waals surface area contributed by atoms with Crippen molar-refractivity contribution < 1.29 is 24.9 Å². The predicted molar refractivity (Wildman–Crippen MR) is 114 cm³/mol. The van der Waals surface area contributed by atoms with Crippen LogP contribution in [0, 0.1) is 13.8 Å². The normalized spacial score (nSPS) is 15.4. The number of aromatic amines is 1. The summed E-state index contributed by atoms with van der Waals surface area (Å²) in [4.78, 5) is 14.9. The average molecular weight is 423 g/mol. The minimum Gasteiger partial charge on any atom is -0.507 e. The molecule has 1 aliphatic rings. The number of carbonyl (C=O) groups excluding carboxylic acids is 1. The lowest BCUT2D eigenvalue weighted by Crippen LogP contribution is -2.31. The van der Waals surface area contributed by atoms with Crippen molar-refractivity contribution in [2.24, 2.45) is 0 Å². The maximum absolute atomic E-state index is 13.2. The van der Waals surface area contributed by atoms with Gasteiger partial charge in [0.2, 0.25) is 0 Å². The average Bonchev–Trinajstić information content (AvgIpc) is 3.28. The molecule has 4 rings (SSSR count). The number of benzene rings is 2. The number of phenolic OH excluding ortho intramolecular Hbond substituents is 2. The second kappa shape index (κ2) is 7.96. The highest BCUT2D eigenvalue weighted by atomic mass is 16.5. The van der Waals surface area contributed by atoms with Crippen molar-refractivity contribution in [1.82, 2.24) is 15.1 Å². The summed E-state index contributed by atoms with van der Waals surface area (Å²) in [6.45, 7) is 4.04. The molecule has 0 fully saturated rings. The van der Waals surface area contributed by atoms with E-state index in [4.69, 9.17) is 4.74 Å². The first kappa shape index (κ1) is 20.7. The summed E-state index contributed by atoms with van der Waals surface area (Å²) >= 11 is 0. The summed E-state index contributed by atoms with van der Waals surface area (Å²) in [6, 6.07) is 8.15. The molecule has 2 aromatic carbocycles. The van der Waals surface area contributed by atoms with Gasteiger partial charge in [-0.15, -0.1) is 0 Å². The third-order valence-corrected chi connectivity index (χ3v) is 5.64. The number of nitrogens with zero attached hydrogens (tertiary/aromatic N) is 2. The van der Waals surface area contributed by atoms with Gasteiger partial charge in [0.1, 0.15) is 17.1 Å². The van der Waals surface area contributed by atoms with Crippen LogP contribution in [0.15, 0.2) is 30.3 Å². The third-order valence-electron chi connectivity index (χ3n) is 5.64. The minimum absolute atomic E-state index is 0.00271. The van der Waals surface area contributed by atoms with Gasteiger partial charge in [-0.25, -0.2) is 0 Å². The molecule has 1 aromatic heterocycles. The SMILES string of the molecule is COc1cc(C2c3c(-c4cc(C)cc(C)c4O)n[nH]c3C(=O)N2CCCO)ccc1O. The Morgan fingerprint density at radius 2 is 1.97 bits per heavy atom. The number of aliphatic hydroxyl groups excluding tert-OH is 1. The van der Waals surface area contributed by atoms with Gasteiger partial charge in [0, 0.05) is 24.3 Å². The van der Waals surface area contributed by atoms with E-state index in [0.29, 0.717) is 41.2 Å². The Kier molecular flexibility index (Phi) is 5.32. The Balaban J connectivity index is 1.93. The Labute approximate surface area is 179 Å². The molecular formula is C23H25N3O5. The summed E-state index contributed by atoms with van der Waals surface area (Å²) < 4.78 is 5.27. The molecule has 31 heavy (non-hydrogen) atoms. The Morgan fingerprint density at radius 3 is 2.68 bits per heavy atom. The number of carbonyl (C=O) groups is 1. The van der Waals surface area contributed by atoms with Crippen LogP contribution >= 0.6 is 0 Å². The van der Waals surface area contributed by atoms with Crippen LogP contribution in [0.25, 0.3) is 11.3 Å². The number of aromatic hydroxyl groups is 2. The van der Waals surface area contributed by atoms with E-state index in [1.165, 1.54) is 13.2 Å². The van der Waals surface area contributed by atoms with Crippen LogP contribution in [0.1, 0.15) is 45.2 Å². The fraction of sp³-hybridized carbons (Fsp3) is 0.304. The van der Waals surface area contributed by atoms with Crippen molar-refractivity contribution in [2.75, 3.05) is 20.3 Å². The Hall–Kier alpha value is -3.52. The van der Waals surface area contributed by atoms with Gasteiger partial charge in [-0.2, -0.15) is 5.10 Å². The third kappa shape index (κ3) is 3.38. The quantitative estimate of drug-likeness (QED) is 0.484. The predicted octanol–water partition coefficient (Wildman–Crippen LogP) is 3.04. The molecule has 0 spiro atoms. The van der Waals surface area contributed by atoms with Gasteiger partial charge in [0.15, 0.2) is 11.5 Å². The number of aliphatic hydroxyl groups is 1. The number of phenols is 2. The number of fused-ring (bicyclic) bond motifs is 1. The molecule has 4 N–H and O–H groups in total. The largest absolute Gasteiger partial charge is 0.507 e. The summed E-state index contributed by atoms with van der Waals surface area (Å²) in [6.07, 6.45) is 0.416. The number of aromatic nitrogens is 2. The van der Waals surface area contributed by atoms with Gasteiger partial charge in [-0.05, 0) is 55.2 Å². The standard InChI is InChI=1S/C23H25N3O5/c1-12-9-13(2)22(29)15(10-12)19-18-20(25-24-19)23(30)26(7-4-8-27)21(18)14-5-6-16(28)17(11-14)31-3/h5-6,9-11,21,27-29H,4,7-8H2,1-3H3,(H,24,25). The maximum Gasteiger partial charge on any atom is 0.273 e. The topological polar surface area (TPSA) is 119 Å². The zero-order valence-corrected chi connectivity index (χ0v) is 17.6. The van der Waals surface area contributed by atoms with E-state index < -0.39 is 6.04 Å². The molecule has 162 valence electrons. The number of hydrogen-bond donors (Lipinski definition) is 4.